The van der Waals surface area contributed by atoms with Crippen LogP contribution in [0.4, 0.5) is 0 Å². The summed E-state index contributed by atoms with van der Waals surface area (Å²) in [5.41, 5.74) is 0.763. The van der Waals surface area contributed by atoms with Crippen LogP contribution in [0.15, 0.2) is 18.3 Å². The number of nitrogens with zero attached hydrogens (tertiary/aromatic N) is 1. The van der Waals surface area contributed by atoms with E-state index in [1.807, 2.05) is 0 Å². The molecule has 0 saturated carbocycles. The van der Waals surface area contributed by atoms with Gasteiger partial charge in [-0.3, -0.25) is 4.98 Å². The molecule has 0 unspecified atom stereocenters. The molecule has 0 bridgehead atoms. The Balaban J connectivity index is 0.00000112. The number of pyridine rings is 1. The van der Waals surface area contributed by atoms with Crippen LogP contribution in [0.1, 0.15) is 23.8 Å². The van der Waals surface area contributed by atoms with Gasteiger partial charge in [0.2, 0.25) is 6.29 Å². The summed E-state index contributed by atoms with van der Waals surface area (Å²) in [4.78, 5) is 14.5. The Morgan fingerprint density at radius 1 is 1.47 bits per heavy atom. The molecule has 76 valence electrons. The number of carboxylic acid groups (broad SMARTS) is 1. The maximum absolute atomic E-state index is 10.5. The van der Waals surface area contributed by atoms with Crippen molar-refractivity contribution in [3.8, 4) is 0 Å². The monoisotopic (exact) mass is 219 g/mol. The molecule has 0 spiro atoms. The average molecular weight is 219 g/mol. The number of aromatic nitrogens is 1. The van der Waals surface area contributed by atoms with Gasteiger partial charge >= 0.3 is 35.5 Å². The summed E-state index contributed by atoms with van der Waals surface area (Å²) >= 11 is 0. The maximum atomic E-state index is 10.5. The van der Waals surface area contributed by atoms with Gasteiger partial charge in [0.15, 0.2) is 0 Å². The summed E-state index contributed by atoms with van der Waals surface area (Å²) in [5, 5.41) is 8.64. The summed E-state index contributed by atoms with van der Waals surface area (Å²) < 4.78 is 10.4. The molecule has 2 heterocycles. The molecule has 2 rings (SSSR count). The van der Waals surface area contributed by atoms with E-state index in [2.05, 4.69) is 4.98 Å². The van der Waals surface area contributed by atoms with E-state index in [1.165, 1.54) is 12.3 Å². The molecule has 0 aliphatic carbocycles. The van der Waals surface area contributed by atoms with Crippen molar-refractivity contribution in [3.63, 3.8) is 0 Å². The van der Waals surface area contributed by atoms with Crippen LogP contribution in [-0.2, 0) is 9.47 Å². The Labute approximate surface area is 110 Å². The van der Waals surface area contributed by atoms with Gasteiger partial charge in [-0.2, -0.15) is 0 Å². The Morgan fingerprint density at radius 2 is 2.13 bits per heavy atom. The van der Waals surface area contributed by atoms with E-state index in [4.69, 9.17) is 14.6 Å². The number of hydrogen-bond acceptors (Lipinski definition) is 4. The zero-order valence-corrected chi connectivity index (χ0v) is 10.3. The molecule has 0 amide bonds. The second-order valence-electron chi connectivity index (χ2n) is 2.85. The summed E-state index contributed by atoms with van der Waals surface area (Å²) in [5.74, 6) is -0.989. The molecule has 1 N–H and O–H groups in total. The molecular weight excluding hydrogens is 209 g/mol. The normalized spacial score (nSPS) is 16.0. The molecule has 1 saturated heterocycles. The van der Waals surface area contributed by atoms with Crippen molar-refractivity contribution >= 4 is 5.97 Å². The number of carbonyl (C=O) groups is 1. The van der Waals surface area contributed by atoms with Crippen LogP contribution in [0.2, 0.25) is 0 Å². The van der Waals surface area contributed by atoms with Gasteiger partial charge in [0.1, 0.15) is 0 Å². The number of aromatic carboxylic acids is 1. The Hall–Kier alpha value is -0.460. The average Bonchev–Trinajstić information content (AvgIpc) is 2.71. The van der Waals surface area contributed by atoms with Crippen molar-refractivity contribution in [2.24, 2.45) is 0 Å². The van der Waals surface area contributed by atoms with Crippen molar-refractivity contribution in [1.29, 1.82) is 0 Å². The number of carboxylic acids is 1. The number of ether oxygens (including phenoxy) is 2. The Kier molecular flexibility index (Phi) is 4.69. The third-order valence-electron chi connectivity index (χ3n) is 1.90. The van der Waals surface area contributed by atoms with Gasteiger partial charge in [-0.05, 0) is 12.1 Å². The van der Waals surface area contributed by atoms with E-state index in [1.54, 1.807) is 6.07 Å². The van der Waals surface area contributed by atoms with Crippen molar-refractivity contribution in [1.82, 2.24) is 4.98 Å². The SMILES string of the molecule is O=C(O)c1ccc(C2OCCO2)nc1.[H-].[Na+]. The van der Waals surface area contributed by atoms with E-state index in [0.717, 1.165) is 0 Å². The standard InChI is InChI=1S/C9H9NO4.Na.H/c11-8(12)6-1-2-7(10-5-6)9-13-3-4-14-9;;/h1-2,5,9H,3-4H2,(H,11,12);;/q;+1;-1. The summed E-state index contributed by atoms with van der Waals surface area (Å²) in [7, 11) is 0. The molecule has 6 heteroatoms. The van der Waals surface area contributed by atoms with Crippen molar-refractivity contribution < 1.29 is 50.4 Å². The third-order valence-corrected chi connectivity index (χ3v) is 1.90. The fraction of sp³-hybridized carbons (Fsp3) is 0.333. The fourth-order valence-corrected chi connectivity index (χ4v) is 1.20. The van der Waals surface area contributed by atoms with Crippen LogP contribution in [0.3, 0.4) is 0 Å². The quantitative estimate of drug-likeness (QED) is 0.579. The van der Waals surface area contributed by atoms with Crippen LogP contribution in [0.25, 0.3) is 0 Å². The van der Waals surface area contributed by atoms with Gasteiger partial charge in [0, 0.05) is 6.20 Å². The second-order valence-corrected chi connectivity index (χ2v) is 2.85. The zero-order chi connectivity index (χ0) is 9.97. The number of rotatable bonds is 2. The molecular formula is C9H10NNaO4. The predicted molar refractivity (Wildman–Crippen MR) is 47.0 cm³/mol. The molecule has 1 aromatic rings. The van der Waals surface area contributed by atoms with Crippen LogP contribution in [-0.4, -0.2) is 29.3 Å². The third kappa shape index (κ3) is 2.99. The van der Waals surface area contributed by atoms with E-state index < -0.39 is 12.3 Å². The molecule has 15 heavy (non-hydrogen) atoms. The van der Waals surface area contributed by atoms with E-state index >= 15 is 0 Å². The van der Waals surface area contributed by atoms with Gasteiger partial charge in [0.05, 0.1) is 24.5 Å². The smallest absolute Gasteiger partial charge is 1.00 e. The summed E-state index contributed by atoms with van der Waals surface area (Å²) in [6, 6.07) is 3.08. The maximum Gasteiger partial charge on any atom is 1.00 e. The fourth-order valence-electron chi connectivity index (χ4n) is 1.20. The molecule has 1 aliphatic rings. The van der Waals surface area contributed by atoms with E-state index in [0.29, 0.717) is 18.9 Å². The minimum absolute atomic E-state index is 0. The van der Waals surface area contributed by atoms with Gasteiger partial charge in [-0.1, -0.05) is 0 Å². The Morgan fingerprint density at radius 3 is 2.60 bits per heavy atom. The number of hydrogen-bond donors (Lipinski definition) is 1. The molecule has 1 fully saturated rings. The first-order valence-electron chi connectivity index (χ1n) is 4.20. The first-order valence-corrected chi connectivity index (χ1v) is 4.20. The van der Waals surface area contributed by atoms with Crippen LogP contribution in [0, 0.1) is 0 Å². The van der Waals surface area contributed by atoms with E-state index in [9.17, 15) is 4.79 Å². The van der Waals surface area contributed by atoms with Gasteiger partial charge in [-0.25, -0.2) is 4.79 Å². The molecule has 1 aliphatic heterocycles. The van der Waals surface area contributed by atoms with Crippen LogP contribution in [0.5, 0.6) is 0 Å². The van der Waals surface area contributed by atoms with Crippen LogP contribution >= 0.6 is 0 Å². The molecule has 0 aromatic carbocycles. The summed E-state index contributed by atoms with van der Waals surface area (Å²) in [6.45, 7) is 1.10. The van der Waals surface area contributed by atoms with Crippen molar-refractivity contribution in [2.75, 3.05) is 13.2 Å². The second kappa shape index (κ2) is 5.58. The first-order chi connectivity index (χ1) is 6.77. The van der Waals surface area contributed by atoms with Gasteiger partial charge in [0.25, 0.3) is 0 Å². The van der Waals surface area contributed by atoms with Crippen molar-refractivity contribution in [2.45, 2.75) is 6.29 Å². The van der Waals surface area contributed by atoms with Crippen LogP contribution < -0.4 is 29.6 Å². The minimum atomic E-state index is -0.989. The summed E-state index contributed by atoms with van der Waals surface area (Å²) in [6.07, 6.45) is 0.848. The molecule has 5 nitrogen and oxygen atoms in total. The largest absolute Gasteiger partial charge is 1.00 e. The zero-order valence-electron chi connectivity index (χ0n) is 9.34. The Bertz CT molecular complexity index is 340. The molecule has 1 aromatic heterocycles. The first kappa shape index (κ1) is 12.6. The molecule has 0 atom stereocenters. The van der Waals surface area contributed by atoms with E-state index in [-0.39, 0.29) is 36.5 Å². The minimum Gasteiger partial charge on any atom is -1.00 e. The molecule has 0 radical (unpaired) electrons. The topological polar surface area (TPSA) is 68.7 Å². The van der Waals surface area contributed by atoms with Gasteiger partial charge in [-0.15, -0.1) is 0 Å². The predicted octanol–water partition coefficient (Wildman–Crippen LogP) is -2.06. The van der Waals surface area contributed by atoms with Gasteiger partial charge < -0.3 is 16.0 Å². The van der Waals surface area contributed by atoms with Crippen molar-refractivity contribution in [3.05, 3.63) is 29.6 Å².